The normalized spacial score (nSPS) is 17.0. The number of anilines is 1. The molecule has 1 unspecified atom stereocenters. The molecule has 8 nitrogen and oxygen atoms in total. The number of ether oxygens (including phenoxy) is 1. The number of carbonyl (C=O) groups excluding carboxylic acids is 1. The Balaban J connectivity index is 1.24. The van der Waals surface area contributed by atoms with E-state index in [-0.39, 0.29) is 6.10 Å². The van der Waals surface area contributed by atoms with Crippen LogP contribution in [0.25, 0.3) is 11.3 Å². The number of carbonyl (C=O) groups is 1. The number of hydrogen-bond acceptors (Lipinski definition) is 7. The van der Waals surface area contributed by atoms with Crippen LogP contribution in [0.1, 0.15) is 60.2 Å². The predicted molar refractivity (Wildman–Crippen MR) is 147 cm³/mol. The molecule has 1 aliphatic heterocycles. The minimum absolute atomic E-state index is 0.134. The Kier molecular flexibility index (Phi) is 8.55. The van der Waals surface area contributed by atoms with Crippen LogP contribution < -0.4 is 15.7 Å². The Hall–Kier alpha value is -2.62. The summed E-state index contributed by atoms with van der Waals surface area (Å²) in [5, 5.41) is 8.19. The highest BCUT2D eigenvalue weighted by Crippen LogP contribution is 2.46. The molecule has 0 spiro atoms. The number of nitrogens with zero attached hydrogens (tertiary/aromatic N) is 2. The van der Waals surface area contributed by atoms with Gasteiger partial charge >= 0.3 is 0 Å². The van der Waals surface area contributed by atoms with E-state index in [1.54, 1.807) is 0 Å². The van der Waals surface area contributed by atoms with Gasteiger partial charge in [0.2, 0.25) is 6.41 Å². The highest BCUT2D eigenvalue weighted by atomic mass is 35.5. The summed E-state index contributed by atoms with van der Waals surface area (Å²) in [6, 6.07) is 11.6. The lowest BCUT2D eigenvalue weighted by atomic mass is 10.0. The van der Waals surface area contributed by atoms with Gasteiger partial charge in [-0.2, -0.15) is 5.48 Å². The quantitative estimate of drug-likeness (QED) is 0.171. The van der Waals surface area contributed by atoms with Crippen molar-refractivity contribution in [3.63, 3.8) is 0 Å². The Morgan fingerprint density at radius 3 is 2.53 bits per heavy atom. The number of aryl methyl sites for hydroxylation is 1. The van der Waals surface area contributed by atoms with Crippen molar-refractivity contribution in [2.45, 2.75) is 57.4 Å². The fraction of sp³-hybridized carbons (Fsp3) is 0.429. The van der Waals surface area contributed by atoms with Crippen LogP contribution in [0, 0.1) is 6.92 Å². The fourth-order valence-electron chi connectivity index (χ4n) is 5.11. The van der Waals surface area contributed by atoms with E-state index >= 15 is 0 Å². The molecule has 38 heavy (non-hydrogen) atoms. The highest BCUT2D eigenvalue weighted by molar-refractivity contribution is 6.39. The third-order valence-electron chi connectivity index (χ3n) is 7.24. The van der Waals surface area contributed by atoms with Crippen molar-refractivity contribution in [2.75, 3.05) is 25.1 Å². The Labute approximate surface area is 232 Å². The molecule has 0 bridgehead atoms. The summed E-state index contributed by atoms with van der Waals surface area (Å²) in [4.78, 5) is 18.3. The summed E-state index contributed by atoms with van der Waals surface area (Å²) in [7, 11) is 1.52. The number of nitrogens with one attached hydrogen (secondary N) is 2. The predicted octanol–water partition coefficient (Wildman–Crippen LogP) is 5.92. The van der Waals surface area contributed by atoms with E-state index in [0.29, 0.717) is 40.2 Å². The summed E-state index contributed by atoms with van der Waals surface area (Å²) >= 11 is 13.0. The first kappa shape index (κ1) is 27.0. The first-order valence-corrected chi connectivity index (χ1v) is 13.6. The van der Waals surface area contributed by atoms with E-state index in [1.165, 1.54) is 12.8 Å². The van der Waals surface area contributed by atoms with Gasteiger partial charge < -0.3 is 24.3 Å². The van der Waals surface area contributed by atoms with E-state index in [4.69, 9.17) is 37.3 Å². The molecule has 2 aliphatic rings. The molecule has 1 amide bonds. The van der Waals surface area contributed by atoms with Crippen LogP contribution in [0.15, 0.2) is 40.9 Å². The largest absolute Gasteiger partial charge is 0.373 e. The van der Waals surface area contributed by atoms with Crippen molar-refractivity contribution in [1.82, 2.24) is 16.0 Å². The van der Waals surface area contributed by atoms with Crippen molar-refractivity contribution in [2.24, 2.45) is 0 Å². The SMILES string of the molecule is CONC(NC=O)c1ccc(N2CCC(OCc3c(-c4c(Cl)cccc4Cl)noc3C3CC3)CC2)c(C)c1. The van der Waals surface area contributed by atoms with Gasteiger partial charge in [0, 0.05) is 35.8 Å². The topological polar surface area (TPSA) is 88.9 Å². The zero-order valence-electron chi connectivity index (χ0n) is 21.5. The van der Waals surface area contributed by atoms with Crippen molar-refractivity contribution >= 4 is 35.3 Å². The maximum atomic E-state index is 11.0. The summed E-state index contributed by atoms with van der Waals surface area (Å²) < 4.78 is 12.2. The van der Waals surface area contributed by atoms with Crippen molar-refractivity contribution in [3.8, 4) is 11.3 Å². The molecule has 1 atom stereocenters. The van der Waals surface area contributed by atoms with Gasteiger partial charge in [0.15, 0.2) is 0 Å². The minimum Gasteiger partial charge on any atom is -0.373 e. The van der Waals surface area contributed by atoms with Crippen molar-refractivity contribution in [3.05, 3.63) is 68.9 Å². The Bertz CT molecular complexity index is 1250. The van der Waals surface area contributed by atoms with Crippen LogP contribution >= 0.6 is 23.2 Å². The van der Waals surface area contributed by atoms with Crippen LogP contribution in [0.2, 0.25) is 10.0 Å². The zero-order valence-corrected chi connectivity index (χ0v) is 23.0. The van der Waals surface area contributed by atoms with Crippen molar-refractivity contribution < 1.29 is 18.9 Å². The molecule has 2 aromatic carbocycles. The van der Waals surface area contributed by atoms with Crippen LogP contribution in [0.3, 0.4) is 0 Å². The van der Waals surface area contributed by atoms with Gasteiger partial charge in [-0.3, -0.25) is 4.79 Å². The molecule has 3 aromatic rings. The number of halogens is 2. The molecule has 1 aliphatic carbocycles. The van der Waals surface area contributed by atoms with Crippen LogP contribution in [0.5, 0.6) is 0 Å². The summed E-state index contributed by atoms with van der Waals surface area (Å²) in [6.07, 6.45) is 4.40. The molecular formula is C28H32Cl2N4O4. The van der Waals surface area contributed by atoms with Gasteiger partial charge in [0.25, 0.3) is 0 Å². The molecule has 2 heterocycles. The first-order chi connectivity index (χ1) is 18.5. The van der Waals surface area contributed by atoms with Gasteiger partial charge in [-0.1, -0.05) is 46.6 Å². The fourth-order valence-corrected chi connectivity index (χ4v) is 5.69. The van der Waals surface area contributed by atoms with Crippen molar-refractivity contribution in [1.29, 1.82) is 0 Å². The standard InChI is InChI=1S/C28H32Cl2N4O4/c1-17-14-19(28(31-16-35)33-36-2)8-9-24(17)34-12-10-20(11-13-34)37-15-21-26(32-38-27(21)18-6-7-18)25-22(29)4-3-5-23(25)30/h3-5,8-9,14,16,18,20,28,33H,6-7,10-13,15H2,1-2H3,(H,31,35). The molecule has 1 saturated heterocycles. The second kappa shape index (κ2) is 12.1. The lowest BCUT2D eigenvalue weighted by molar-refractivity contribution is -0.111. The highest BCUT2D eigenvalue weighted by Gasteiger charge is 2.34. The van der Waals surface area contributed by atoms with E-state index in [9.17, 15) is 4.79 Å². The summed E-state index contributed by atoms with van der Waals surface area (Å²) in [5.41, 5.74) is 8.37. The van der Waals surface area contributed by atoms with Gasteiger partial charge in [-0.15, -0.1) is 0 Å². The van der Waals surface area contributed by atoms with Gasteiger partial charge in [-0.05, 0) is 61.9 Å². The Morgan fingerprint density at radius 2 is 1.89 bits per heavy atom. The van der Waals surface area contributed by atoms with E-state index in [0.717, 1.165) is 61.2 Å². The third kappa shape index (κ3) is 5.84. The summed E-state index contributed by atoms with van der Waals surface area (Å²) in [6.45, 7) is 4.28. The smallest absolute Gasteiger partial charge is 0.208 e. The number of amides is 1. The molecule has 1 saturated carbocycles. The first-order valence-electron chi connectivity index (χ1n) is 12.9. The summed E-state index contributed by atoms with van der Waals surface area (Å²) in [5.74, 6) is 1.29. The average Bonchev–Trinajstić information content (AvgIpc) is 3.68. The van der Waals surface area contributed by atoms with E-state index in [2.05, 4.69) is 39.9 Å². The van der Waals surface area contributed by atoms with Gasteiger partial charge in [0.05, 0.1) is 29.9 Å². The lowest BCUT2D eigenvalue weighted by Gasteiger charge is -2.34. The van der Waals surface area contributed by atoms with Gasteiger partial charge in [0.1, 0.15) is 17.6 Å². The molecule has 0 radical (unpaired) electrons. The minimum atomic E-state index is -0.409. The maximum absolute atomic E-state index is 11.0. The third-order valence-corrected chi connectivity index (χ3v) is 7.87. The number of benzene rings is 2. The molecule has 202 valence electrons. The Morgan fingerprint density at radius 1 is 1.16 bits per heavy atom. The number of rotatable bonds is 11. The number of hydroxylamine groups is 1. The second-order valence-corrected chi connectivity index (χ2v) is 10.6. The van der Waals surface area contributed by atoms with E-state index < -0.39 is 6.17 Å². The number of piperidine rings is 1. The molecule has 10 heteroatoms. The van der Waals surface area contributed by atoms with Crippen LogP contribution in [-0.4, -0.2) is 37.9 Å². The van der Waals surface area contributed by atoms with Crippen LogP contribution in [-0.2, 0) is 21.0 Å². The van der Waals surface area contributed by atoms with Crippen LogP contribution in [0.4, 0.5) is 5.69 Å². The van der Waals surface area contributed by atoms with E-state index in [1.807, 2.05) is 24.3 Å². The maximum Gasteiger partial charge on any atom is 0.208 e. The lowest BCUT2D eigenvalue weighted by Crippen LogP contribution is -2.37. The number of hydrogen-bond donors (Lipinski definition) is 2. The second-order valence-electron chi connectivity index (χ2n) is 9.83. The molecule has 1 aromatic heterocycles. The molecule has 2 fully saturated rings. The average molecular weight is 559 g/mol. The molecule has 5 rings (SSSR count). The van der Waals surface area contributed by atoms with Gasteiger partial charge in [-0.25, -0.2) is 0 Å². The molecular weight excluding hydrogens is 527 g/mol. The monoisotopic (exact) mass is 558 g/mol. The molecule has 2 N–H and O–H groups in total. The number of aromatic nitrogens is 1. The zero-order chi connectivity index (χ0) is 26.6.